The Morgan fingerprint density at radius 1 is 1.11 bits per heavy atom. The van der Waals surface area contributed by atoms with Gasteiger partial charge < -0.3 is 10.1 Å². The van der Waals surface area contributed by atoms with Gasteiger partial charge in [-0.2, -0.15) is 0 Å². The largest absolute Gasteiger partial charge is 0.494 e. The number of nitrogens with one attached hydrogen (secondary N) is 2. The highest BCUT2D eigenvalue weighted by atomic mass is 79.9. The lowest BCUT2D eigenvalue weighted by Gasteiger charge is -2.12. The molecule has 0 saturated carbocycles. The van der Waals surface area contributed by atoms with Gasteiger partial charge in [0.25, 0.3) is 5.91 Å². The molecule has 0 aliphatic carbocycles. The summed E-state index contributed by atoms with van der Waals surface area (Å²) in [6, 6.07) is 12.9. The van der Waals surface area contributed by atoms with Gasteiger partial charge in [-0.25, -0.2) is 0 Å². The Morgan fingerprint density at radius 2 is 1.85 bits per heavy atom. The summed E-state index contributed by atoms with van der Waals surface area (Å²) in [6.07, 6.45) is 4.67. The van der Waals surface area contributed by atoms with E-state index in [0.29, 0.717) is 12.2 Å². The third-order valence-electron chi connectivity index (χ3n) is 3.98. The van der Waals surface area contributed by atoms with E-state index in [1.165, 1.54) is 19.3 Å². The second kappa shape index (κ2) is 11.0. The van der Waals surface area contributed by atoms with Gasteiger partial charge in [0.15, 0.2) is 5.11 Å². The summed E-state index contributed by atoms with van der Waals surface area (Å²) >= 11 is 8.71. The maximum absolute atomic E-state index is 12.3. The van der Waals surface area contributed by atoms with E-state index in [9.17, 15) is 4.79 Å². The van der Waals surface area contributed by atoms with Crippen molar-refractivity contribution >= 4 is 44.9 Å². The standard InChI is InChI=1S/C21H25BrN2O2S/c1-3-4-5-6-13-26-17-10-8-16(9-11-17)20(25)24-21(27)23-19-12-7-15(2)14-18(19)22/h7-12,14H,3-6,13H2,1-2H3,(H2,23,24,25,27). The number of carbonyl (C=O) groups excluding carboxylic acids is 1. The molecule has 0 saturated heterocycles. The van der Waals surface area contributed by atoms with Crippen molar-refractivity contribution in [3.05, 3.63) is 58.1 Å². The highest BCUT2D eigenvalue weighted by Gasteiger charge is 2.09. The molecule has 1 amide bonds. The fraction of sp³-hybridized carbons (Fsp3) is 0.333. The van der Waals surface area contributed by atoms with Gasteiger partial charge in [-0.1, -0.05) is 32.3 Å². The van der Waals surface area contributed by atoms with E-state index in [-0.39, 0.29) is 11.0 Å². The van der Waals surface area contributed by atoms with Crippen molar-refractivity contribution < 1.29 is 9.53 Å². The number of aryl methyl sites for hydroxylation is 1. The van der Waals surface area contributed by atoms with Crippen molar-refractivity contribution in [2.24, 2.45) is 0 Å². The summed E-state index contributed by atoms with van der Waals surface area (Å²) < 4.78 is 6.58. The Labute approximate surface area is 174 Å². The summed E-state index contributed by atoms with van der Waals surface area (Å²) in [6.45, 7) is 4.89. The normalized spacial score (nSPS) is 10.3. The van der Waals surface area contributed by atoms with E-state index in [0.717, 1.165) is 27.9 Å². The molecule has 2 rings (SSSR count). The fourth-order valence-corrected chi connectivity index (χ4v) is 3.27. The van der Waals surface area contributed by atoms with Crippen LogP contribution in [0.1, 0.15) is 48.5 Å². The number of thiocarbonyl (C=S) groups is 1. The quantitative estimate of drug-likeness (QED) is 0.393. The molecule has 0 bridgehead atoms. The van der Waals surface area contributed by atoms with E-state index in [1.807, 2.05) is 37.3 Å². The van der Waals surface area contributed by atoms with Crippen LogP contribution in [0.25, 0.3) is 0 Å². The molecule has 0 atom stereocenters. The zero-order valence-corrected chi connectivity index (χ0v) is 18.1. The summed E-state index contributed by atoms with van der Waals surface area (Å²) in [7, 11) is 0. The predicted octanol–water partition coefficient (Wildman–Crippen LogP) is 5.84. The molecule has 0 aromatic heterocycles. The molecule has 0 aliphatic heterocycles. The average molecular weight is 449 g/mol. The first-order valence-electron chi connectivity index (χ1n) is 9.11. The van der Waals surface area contributed by atoms with Gasteiger partial charge in [-0.3, -0.25) is 10.1 Å². The molecule has 144 valence electrons. The summed E-state index contributed by atoms with van der Waals surface area (Å²) in [5.41, 5.74) is 2.47. The third-order valence-corrected chi connectivity index (χ3v) is 4.84. The van der Waals surface area contributed by atoms with Gasteiger partial charge in [-0.05, 0) is 83.5 Å². The molecule has 0 fully saturated rings. The Bertz CT molecular complexity index is 778. The Balaban J connectivity index is 1.83. The first-order valence-corrected chi connectivity index (χ1v) is 10.3. The number of unbranched alkanes of at least 4 members (excludes halogenated alkanes) is 3. The van der Waals surface area contributed by atoms with Gasteiger partial charge in [0, 0.05) is 10.0 Å². The van der Waals surface area contributed by atoms with Crippen LogP contribution in [0.5, 0.6) is 5.75 Å². The summed E-state index contributed by atoms with van der Waals surface area (Å²) in [4.78, 5) is 12.3. The molecule has 27 heavy (non-hydrogen) atoms. The van der Waals surface area contributed by atoms with Crippen molar-refractivity contribution in [2.75, 3.05) is 11.9 Å². The minimum atomic E-state index is -0.259. The second-order valence-electron chi connectivity index (χ2n) is 6.33. The fourth-order valence-electron chi connectivity index (χ4n) is 2.47. The number of anilines is 1. The number of hydrogen-bond donors (Lipinski definition) is 2. The lowest BCUT2D eigenvalue weighted by molar-refractivity contribution is 0.0977. The lowest BCUT2D eigenvalue weighted by Crippen LogP contribution is -2.34. The van der Waals surface area contributed by atoms with Crippen molar-refractivity contribution in [3.63, 3.8) is 0 Å². The average Bonchev–Trinajstić information content (AvgIpc) is 2.64. The number of benzene rings is 2. The molecule has 0 heterocycles. The van der Waals surface area contributed by atoms with Crippen LogP contribution in [0.2, 0.25) is 0 Å². The molecule has 6 heteroatoms. The monoisotopic (exact) mass is 448 g/mol. The minimum Gasteiger partial charge on any atom is -0.494 e. The van der Waals surface area contributed by atoms with Gasteiger partial charge in [0.2, 0.25) is 0 Å². The SMILES string of the molecule is CCCCCCOc1ccc(C(=O)NC(=S)Nc2ccc(C)cc2Br)cc1. The molecule has 2 aromatic rings. The molecule has 0 unspecified atom stereocenters. The van der Waals surface area contributed by atoms with Crippen LogP contribution in [0.15, 0.2) is 46.9 Å². The van der Waals surface area contributed by atoms with Crippen LogP contribution >= 0.6 is 28.1 Å². The molecule has 0 radical (unpaired) electrons. The van der Waals surface area contributed by atoms with Crippen LogP contribution in [0.3, 0.4) is 0 Å². The lowest BCUT2D eigenvalue weighted by atomic mass is 10.2. The summed E-state index contributed by atoms with van der Waals surface area (Å²) in [5.74, 6) is 0.512. The molecule has 0 aliphatic rings. The molecule has 4 nitrogen and oxygen atoms in total. The predicted molar refractivity (Wildman–Crippen MR) is 119 cm³/mol. The van der Waals surface area contributed by atoms with Crippen LogP contribution in [-0.2, 0) is 0 Å². The number of hydrogen-bond acceptors (Lipinski definition) is 3. The zero-order chi connectivity index (χ0) is 19.6. The first kappa shape index (κ1) is 21.4. The van der Waals surface area contributed by atoms with Crippen molar-refractivity contribution in [2.45, 2.75) is 39.5 Å². The van der Waals surface area contributed by atoms with Crippen LogP contribution in [0, 0.1) is 6.92 Å². The topological polar surface area (TPSA) is 50.4 Å². The van der Waals surface area contributed by atoms with E-state index < -0.39 is 0 Å². The van der Waals surface area contributed by atoms with Crippen LogP contribution in [0.4, 0.5) is 5.69 Å². The Kier molecular flexibility index (Phi) is 8.75. The van der Waals surface area contributed by atoms with Crippen molar-refractivity contribution in [3.8, 4) is 5.75 Å². The number of halogens is 1. The van der Waals surface area contributed by atoms with Crippen molar-refractivity contribution in [1.29, 1.82) is 0 Å². The third kappa shape index (κ3) is 7.31. The van der Waals surface area contributed by atoms with E-state index >= 15 is 0 Å². The maximum atomic E-state index is 12.3. The van der Waals surface area contributed by atoms with Crippen LogP contribution in [-0.4, -0.2) is 17.6 Å². The van der Waals surface area contributed by atoms with E-state index in [1.54, 1.807) is 12.1 Å². The smallest absolute Gasteiger partial charge is 0.257 e. The Hall–Kier alpha value is -1.92. The van der Waals surface area contributed by atoms with E-state index in [2.05, 4.69) is 33.5 Å². The Morgan fingerprint density at radius 3 is 2.52 bits per heavy atom. The molecular weight excluding hydrogens is 424 g/mol. The maximum Gasteiger partial charge on any atom is 0.257 e. The highest BCUT2D eigenvalue weighted by molar-refractivity contribution is 9.10. The molecule has 2 aromatic carbocycles. The molecule has 2 N–H and O–H groups in total. The van der Waals surface area contributed by atoms with Gasteiger partial charge in [-0.15, -0.1) is 0 Å². The minimum absolute atomic E-state index is 0.251. The van der Waals surface area contributed by atoms with Crippen LogP contribution < -0.4 is 15.4 Å². The van der Waals surface area contributed by atoms with Crippen molar-refractivity contribution in [1.82, 2.24) is 5.32 Å². The van der Waals surface area contributed by atoms with E-state index in [4.69, 9.17) is 17.0 Å². The number of amides is 1. The number of rotatable bonds is 8. The highest BCUT2D eigenvalue weighted by Crippen LogP contribution is 2.23. The summed E-state index contributed by atoms with van der Waals surface area (Å²) in [5, 5.41) is 5.96. The number of ether oxygens (including phenoxy) is 1. The zero-order valence-electron chi connectivity index (χ0n) is 15.7. The molecular formula is C21H25BrN2O2S. The second-order valence-corrected chi connectivity index (χ2v) is 7.59. The van der Waals surface area contributed by atoms with Gasteiger partial charge in [0.1, 0.15) is 5.75 Å². The number of carbonyl (C=O) groups is 1. The first-order chi connectivity index (χ1) is 13.0. The van der Waals surface area contributed by atoms with Gasteiger partial charge in [0.05, 0.1) is 12.3 Å². The van der Waals surface area contributed by atoms with Gasteiger partial charge >= 0.3 is 0 Å². The molecule has 0 spiro atoms.